The van der Waals surface area contributed by atoms with Crippen molar-refractivity contribution in [3.8, 4) is 33.4 Å². The van der Waals surface area contributed by atoms with Crippen LogP contribution in [0.5, 0.6) is 0 Å². The fourth-order valence-corrected chi connectivity index (χ4v) is 7.17. The van der Waals surface area contributed by atoms with E-state index in [4.69, 9.17) is 4.42 Å². The third kappa shape index (κ3) is 4.39. The standard InChI is InChI=1S/C44H32O/c1-3-33-34(4-2)42(37-20-12-11-19-36(37)41(33)32-25-23-30(24-26-32)29-15-7-5-8-16-29)44-35(31-17-9-6-10-18-31)27-28-40-43(44)38-21-13-14-22-39(38)45-40/h3-17,19-28,31H,1-2,18H2. The van der Waals surface area contributed by atoms with Gasteiger partial charge < -0.3 is 4.42 Å². The first kappa shape index (κ1) is 26.9. The highest BCUT2D eigenvalue weighted by Gasteiger charge is 2.26. The average Bonchev–Trinajstić information content (AvgIpc) is 3.50. The van der Waals surface area contributed by atoms with Gasteiger partial charge in [0, 0.05) is 16.7 Å². The number of benzene rings is 6. The molecule has 0 fully saturated rings. The van der Waals surface area contributed by atoms with E-state index in [0.717, 1.165) is 45.0 Å². The summed E-state index contributed by atoms with van der Waals surface area (Å²) < 4.78 is 6.46. The summed E-state index contributed by atoms with van der Waals surface area (Å²) >= 11 is 0. The number of fused-ring (bicyclic) bond motifs is 4. The molecule has 1 aliphatic carbocycles. The van der Waals surface area contributed by atoms with Crippen molar-refractivity contribution in [2.45, 2.75) is 12.3 Å². The smallest absolute Gasteiger partial charge is 0.136 e. The molecule has 1 unspecified atom stereocenters. The molecule has 0 radical (unpaired) electrons. The lowest BCUT2D eigenvalue weighted by molar-refractivity contribution is 0.668. The van der Waals surface area contributed by atoms with Gasteiger partial charge in [-0.2, -0.15) is 0 Å². The highest BCUT2D eigenvalue weighted by atomic mass is 16.3. The van der Waals surface area contributed by atoms with Crippen molar-refractivity contribution in [1.29, 1.82) is 0 Å². The predicted octanol–water partition coefficient (Wildman–Crippen LogP) is 12.6. The van der Waals surface area contributed by atoms with E-state index in [9.17, 15) is 0 Å². The van der Waals surface area contributed by atoms with Crippen molar-refractivity contribution in [2.75, 3.05) is 0 Å². The van der Waals surface area contributed by atoms with E-state index in [0.29, 0.717) is 0 Å². The van der Waals surface area contributed by atoms with Gasteiger partial charge in [-0.15, -0.1) is 0 Å². The SMILES string of the molecule is C=Cc1c(C=C)c(-c2c(C3C=CC=CC3)ccc3oc4ccccc4c23)c2ccccc2c1-c1ccc(-c2ccccc2)cc1. The first-order valence-electron chi connectivity index (χ1n) is 15.5. The first-order valence-corrected chi connectivity index (χ1v) is 15.5. The second-order valence-corrected chi connectivity index (χ2v) is 11.6. The molecule has 0 bridgehead atoms. The Kier molecular flexibility index (Phi) is 6.65. The molecular formula is C44H32O. The van der Waals surface area contributed by atoms with Crippen molar-refractivity contribution in [2.24, 2.45) is 0 Å². The van der Waals surface area contributed by atoms with Gasteiger partial charge in [-0.3, -0.25) is 0 Å². The zero-order chi connectivity index (χ0) is 30.3. The lowest BCUT2D eigenvalue weighted by Gasteiger charge is -2.24. The summed E-state index contributed by atoms with van der Waals surface area (Å²) in [4.78, 5) is 0. The second kappa shape index (κ2) is 11.1. The maximum atomic E-state index is 6.46. The lowest BCUT2D eigenvalue weighted by atomic mass is 9.78. The largest absolute Gasteiger partial charge is 0.456 e. The topological polar surface area (TPSA) is 13.1 Å². The molecule has 0 aliphatic heterocycles. The molecule has 7 aromatic rings. The molecule has 45 heavy (non-hydrogen) atoms. The summed E-state index contributed by atoms with van der Waals surface area (Å²) in [5.74, 6) is 0.247. The Morgan fingerprint density at radius 2 is 1.16 bits per heavy atom. The maximum absolute atomic E-state index is 6.46. The van der Waals surface area contributed by atoms with Crippen molar-refractivity contribution in [3.63, 3.8) is 0 Å². The molecule has 1 atom stereocenters. The number of furan rings is 1. The van der Waals surface area contributed by atoms with E-state index in [1.54, 1.807) is 0 Å². The van der Waals surface area contributed by atoms with Crippen LogP contribution in [-0.2, 0) is 0 Å². The van der Waals surface area contributed by atoms with Crippen LogP contribution in [0.25, 0.3) is 78.2 Å². The Morgan fingerprint density at radius 1 is 0.533 bits per heavy atom. The highest BCUT2D eigenvalue weighted by molar-refractivity contribution is 6.20. The van der Waals surface area contributed by atoms with Gasteiger partial charge in [-0.05, 0) is 79.4 Å². The molecule has 6 aromatic carbocycles. The van der Waals surface area contributed by atoms with Crippen LogP contribution in [-0.4, -0.2) is 0 Å². The Morgan fingerprint density at radius 3 is 1.87 bits per heavy atom. The highest BCUT2D eigenvalue weighted by Crippen LogP contribution is 2.49. The fraction of sp³-hybridized carbons (Fsp3) is 0.0455. The van der Waals surface area contributed by atoms with E-state index < -0.39 is 0 Å². The van der Waals surface area contributed by atoms with Crippen LogP contribution >= 0.6 is 0 Å². The third-order valence-corrected chi connectivity index (χ3v) is 9.19. The van der Waals surface area contributed by atoms with Gasteiger partial charge >= 0.3 is 0 Å². The molecular weight excluding hydrogens is 544 g/mol. The summed E-state index contributed by atoms with van der Waals surface area (Å²) in [6, 6.07) is 41.0. The van der Waals surface area contributed by atoms with Gasteiger partial charge in [0.1, 0.15) is 11.2 Å². The van der Waals surface area contributed by atoms with Crippen LogP contribution in [0.15, 0.2) is 157 Å². The van der Waals surface area contributed by atoms with Crippen LogP contribution in [0.2, 0.25) is 0 Å². The number of rotatable bonds is 6. The molecule has 0 amide bonds. The summed E-state index contributed by atoms with van der Waals surface area (Å²) in [7, 11) is 0. The van der Waals surface area contributed by atoms with E-state index in [2.05, 4.69) is 147 Å². The van der Waals surface area contributed by atoms with Crippen molar-refractivity contribution in [3.05, 3.63) is 169 Å². The second-order valence-electron chi connectivity index (χ2n) is 11.6. The minimum atomic E-state index is 0.247. The fourth-order valence-electron chi connectivity index (χ4n) is 7.17. The normalized spacial score (nSPS) is 14.4. The molecule has 8 rings (SSSR count). The maximum Gasteiger partial charge on any atom is 0.136 e. The van der Waals surface area contributed by atoms with Gasteiger partial charge in [0.2, 0.25) is 0 Å². The minimum Gasteiger partial charge on any atom is -0.456 e. The molecule has 1 aromatic heterocycles. The van der Waals surface area contributed by atoms with E-state index in [-0.39, 0.29) is 5.92 Å². The van der Waals surface area contributed by atoms with Crippen LogP contribution in [0.4, 0.5) is 0 Å². The molecule has 1 nitrogen and oxygen atoms in total. The molecule has 0 saturated carbocycles. The molecule has 1 heteroatoms. The Balaban J connectivity index is 1.47. The first-order chi connectivity index (χ1) is 22.3. The predicted molar refractivity (Wildman–Crippen MR) is 193 cm³/mol. The summed E-state index contributed by atoms with van der Waals surface area (Å²) in [6.07, 6.45) is 13.9. The average molecular weight is 577 g/mol. The van der Waals surface area contributed by atoms with Crippen molar-refractivity contribution >= 4 is 44.9 Å². The van der Waals surface area contributed by atoms with Crippen LogP contribution < -0.4 is 0 Å². The zero-order valence-corrected chi connectivity index (χ0v) is 25.0. The molecule has 0 saturated heterocycles. The van der Waals surface area contributed by atoms with Crippen molar-refractivity contribution < 1.29 is 4.42 Å². The van der Waals surface area contributed by atoms with Gasteiger partial charge in [-0.1, -0.05) is 153 Å². The molecule has 0 spiro atoms. The third-order valence-electron chi connectivity index (χ3n) is 9.19. The summed E-state index contributed by atoms with van der Waals surface area (Å²) in [5, 5.41) is 4.65. The monoisotopic (exact) mass is 576 g/mol. The van der Waals surface area contributed by atoms with Crippen LogP contribution in [0.3, 0.4) is 0 Å². The van der Waals surface area contributed by atoms with Crippen LogP contribution in [0, 0.1) is 0 Å². The molecule has 214 valence electrons. The number of hydrogen-bond acceptors (Lipinski definition) is 1. The summed E-state index contributed by atoms with van der Waals surface area (Å²) in [6.45, 7) is 8.76. The Hall–Kier alpha value is -5.66. The van der Waals surface area contributed by atoms with Gasteiger partial charge in [0.05, 0.1) is 0 Å². The van der Waals surface area contributed by atoms with Gasteiger partial charge in [-0.25, -0.2) is 0 Å². The Bertz CT molecular complexity index is 2310. The number of para-hydroxylation sites is 1. The van der Waals surface area contributed by atoms with Gasteiger partial charge in [0.25, 0.3) is 0 Å². The van der Waals surface area contributed by atoms with Crippen LogP contribution in [0.1, 0.15) is 29.0 Å². The molecule has 1 heterocycles. The molecule has 1 aliphatic rings. The van der Waals surface area contributed by atoms with Gasteiger partial charge in [0.15, 0.2) is 0 Å². The quantitative estimate of drug-likeness (QED) is 0.192. The zero-order valence-electron chi connectivity index (χ0n) is 25.0. The summed E-state index contributed by atoms with van der Waals surface area (Å²) in [5.41, 5.74) is 12.4. The number of allylic oxidation sites excluding steroid dienone is 4. The number of hydrogen-bond donors (Lipinski definition) is 0. The molecule has 0 N–H and O–H groups in total. The van der Waals surface area contributed by atoms with E-state index in [1.807, 2.05) is 18.2 Å². The Labute approximate surface area is 263 Å². The van der Waals surface area contributed by atoms with E-state index >= 15 is 0 Å². The van der Waals surface area contributed by atoms with E-state index in [1.165, 1.54) is 44.2 Å². The van der Waals surface area contributed by atoms with Crippen molar-refractivity contribution in [1.82, 2.24) is 0 Å². The minimum absolute atomic E-state index is 0.247. The lowest BCUT2D eigenvalue weighted by Crippen LogP contribution is -2.03.